The smallest absolute Gasteiger partial charge is 0.281 e. The van der Waals surface area contributed by atoms with Gasteiger partial charge in [-0.2, -0.15) is 5.10 Å². The molecule has 0 saturated carbocycles. The Balaban J connectivity index is 1.30. The Morgan fingerprint density at radius 3 is 2.34 bits per heavy atom. The number of aromatic nitrogens is 2. The van der Waals surface area contributed by atoms with Crippen molar-refractivity contribution < 1.29 is 23.1 Å². The molecule has 3 aromatic carbocycles. The summed E-state index contributed by atoms with van der Waals surface area (Å²) in [7, 11) is 1.61. The highest BCUT2D eigenvalue weighted by molar-refractivity contribution is 6.03. The number of nitrogens with zero attached hydrogens (tertiary/aromatic N) is 4. The van der Waals surface area contributed by atoms with Crippen molar-refractivity contribution in [1.29, 1.82) is 0 Å². The topological polar surface area (TPSA) is 90.1 Å². The number of carbonyl (C=O) groups is 1. The van der Waals surface area contributed by atoms with E-state index < -0.39 is 0 Å². The van der Waals surface area contributed by atoms with Crippen LogP contribution in [0.1, 0.15) is 42.8 Å². The summed E-state index contributed by atoms with van der Waals surface area (Å²) in [5, 5.41) is 14.2. The van der Waals surface area contributed by atoms with Crippen LogP contribution in [0.2, 0.25) is 0 Å². The third-order valence-electron chi connectivity index (χ3n) is 6.24. The summed E-state index contributed by atoms with van der Waals surface area (Å²) in [6.07, 6.45) is 2.14. The number of hydrogen-bond acceptors (Lipinski definition) is 7. The van der Waals surface area contributed by atoms with Crippen LogP contribution in [0.5, 0.6) is 11.5 Å². The van der Waals surface area contributed by atoms with Crippen LogP contribution in [0.3, 0.4) is 0 Å². The zero-order chi connectivity index (χ0) is 26.5. The number of methoxy groups -OCH3 is 1. The van der Waals surface area contributed by atoms with Gasteiger partial charge in [-0.05, 0) is 78.2 Å². The van der Waals surface area contributed by atoms with E-state index >= 15 is 0 Å². The second kappa shape index (κ2) is 11.2. The van der Waals surface area contributed by atoms with E-state index in [2.05, 4.69) is 15.3 Å². The monoisotopic (exact) mass is 514 g/mol. The molecule has 194 valence electrons. The first-order valence-electron chi connectivity index (χ1n) is 12.4. The van der Waals surface area contributed by atoms with Gasteiger partial charge in [0.15, 0.2) is 6.61 Å². The highest BCUT2D eigenvalue weighted by Gasteiger charge is 2.33. The maximum atomic E-state index is 13.6. The summed E-state index contributed by atoms with van der Waals surface area (Å²) in [5.41, 5.74) is 3.19. The summed E-state index contributed by atoms with van der Waals surface area (Å²) >= 11 is 0. The Labute approximate surface area is 219 Å². The molecule has 0 saturated heterocycles. The van der Waals surface area contributed by atoms with Crippen LogP contribution >= 0.6 is 0 Å². The van der Waals surface area contributed by atoms with E-state index in [0.717, 1.165) is 41.0 Å². The fourth-order valence-electron chi connectivity index (χ4n) is 4.23. The number of hydrazone groups is 1. The van der Waals surface area contributed by atoms with Crippen LogP contribution in [0.25, 0.3) is 11.5 Å². The maximum Gasteiger partial charge on any atom is 0.281 e. The first kappa shape index (κ1) is 25.1. The lowest BCUT2D eigenvalue weighted by Crippen LogP contribution is -2.31. The average molecular weight is 515 g/mol. The van der Waals surface area contributed by atoms with Crippen molar-refractivity contribution in [2.24, 2.45) is 5.10 Å². The molecular formula is C29H27FN4O4. The molecule has 38 heavy (non-hydrogen) atoms. The molecule has 1 amide bonds. The number of carbonyl (C=O) groups excluding carboxylic acids is 1. The van der Waals surface area contributed by atoms with Gasteiger partial charge in [-0.25, -0.2) is 9.40 Å². The standard InChI is InChI=1S/C29H27FN4O4/c1-3-4-27-31-32-29(38-27)21-9-15-24(16-10-21)37-18-28(35)34-26(20-5-11-22(30)12-6-20)17-25(33-34)19-7-13-23(36-2)14-8-19/h5-16,26H,3-4,17-18H2,1-2H3. The van der Waals surface area contributed by atoms with Crippen molar-refractivity contribution in [3.63, 3.8) is 0 Å². The first-order chi connectivity index (χ1) is 18.5. The minimum Gasteiger partial charge on any atom is -0.497 e. The lowest BCUT2D eigenvalue weighted by atomic mass is 9.98. The van der Waals surface area contributed by atoms with Gasteiger partial charge in [0.25, 0.3) is 5.91 Å². The highest BCUT2D eigenvalue weighted by Crippen LogP contribution is 2.33. The summed E-state index contributed by atoms with van der Waals surface area (Å²) in [6.45, 7) is 1.84. The molecule has 0 radical (unpaired) electrons. The number of rotatable bonds is 9. The largest absolute Gasteiger partial charge is 0.497 e. The predicted molar refractivity (Wildman–Crippen MR) is 139 cm³/mol. The number of amides is 1. The zero-order valence-corrected chi connectivity index (χ0v) is 21.1. The molecule has 2 heterocycles. The third-order valence-corrected chi connectivity index (χ3v) is 6.24. The summed E-state index contributed by atoms with van der Waals surface area (Å²) in [6, 6.07) is 20.4. The maximum absolute atomic E-state index is 13.6. The molecule has 8 nitrogen and oxygen atoms in total. The molecule has 4 aromatic rings. The Hall–Kier alpha value is -4.53. The molecular weight excluding hydrogens is 487 g/mol. The highest BCUT2D eigenvalue weighted by atomic mass is 19.1. The van der Waals surface area contributed by atoms with Gasteiger partial charge in [-0.1, -0.05) is 19.1 Å². The van der Waals surface area contributed by atoms with Crippen LogP contribution in [0, 0.1) is 5.82 Å². The molecule has 1 aliphatic heterocycles. The predicted octanol–water partition coefficient (Wildman–Crippen LogP) is 5.59. The molecule has 1 aromatic heterocycles. The summed E-state index contributed by atoms with van der Waals surface area (Å²) in [5.74, 6) is 1.64. The van der Waals surface area contributed by atoms with Gasteiger partial charge in [0.2, 0.25) is 11.8 Å². The van der Waals surface area contributed by atoms with E-state index in [1.54, 1.807) is 43.5 Å². The minimum atomic E-state index is -0.374. The van der Waals surface area contributed by atoms with Crippen LogP contribution in [-0.4, -0.2) is 40.5 Å². The Morgan fingerprint density at radius 2 is 1.66 bits per heavy atom. The molecule has 0 spiro atoms. The summed E-state index contributed by atoms with van der Waals surface area (Å²) < 4.78 is 30.3. The van der Waals surface area contributed by atoms with Crippen molar-refractivity contribution in [3.05, 3.63) is 95.6 Å². The molecule has 1 aliphatic rings. The van der Waals surface area contributed by atoms with Crippen LogP contribution < -0.4 is 9.47 Å². The van der Waals surface area contributed by atoms with E-state index in [0.29, 0.717) is 24.0 Å². The van der Waals surface area contributed by atoms with E-state index in [1.165, 1.54) is 17.1 Å². The number of ether oxygens (including phenoxy) is 2. The molecule has 9 heteroatoms. The van der Waals surface area contributed by atoms with Gasteiger partial charge >= 0.3 is 0 Å². The molecule has 0 aliphatic carbocycles. The quantitative estimate of drug-likeness (QED) is 0.289. The fraction of sp³-hybridized carbons (Fsp3) is 0.241. The van der Waals surface area contributed by atoms with Gasteiger partial charge in [0, 0.05) is 18.4 Å². The number of aryl methyl sites for hydroxylation is 1. The SMILES string of the molecule is CCCc1nnc(-c2ccc(OCC(=O)N3N=C(c4ccc(OC)cc4)CC3c3ccc(F)cc3)cc2)o1. The van der Waals surface area contributed by atoms with E-state index in [9.17, 15) is 9.18 Å². The summed E-state index contributed by atoms with van der Waals surface area (Å²) in [4.78, 5) is 13.3. The van der Waals surface area contributed by atoms with Crippen molar-refractivity contribution in [2.45, 2.75) is 32.2 Å². The van der Waals surface area contributed by atoms with E-state index in [-0.39, 0.29) is 24.4 Å². The molecule has 1 unspecified atom stereocenters. The fourth-order valence-corrected chi connectivity index (χ4v) is 4.23. The third kappa shape index (κ3) is 5.56. The van der Waals surface area contributed by atoms with Gasteiger partial charge in [0.05, 0.1) is 18.9 Å². The van der Waals surface area contributed by atoms with E-state index in [1.807, 2.05) is 31.2 Å². The number of halogens is 1. The van der Waals surface area contributed by atoms with Crippen LogP contribution in [0.4, 0.5) is 4.39 Å². The number of hydrogen-bond donors (Lipinski definition) is 0. The molecule has 1 atom stereocenters. The molecule has 5 rings (SSSR count). The molecule has 0 fully saturated rings. The van der Waals surface area contributed by atoms with Crippen molar-refractivity contribution in [1.82, 2.24) is 15.2 Å². The second-order valence-electron chi connectivity index (χ2n) is 8.85. The lowest BCUT2D eigenvalue weighted by Gasteiger charge is -2.22. The van der Waals surface area contributed by atoms with Gasteiger partial charge in [0.1, 0.15) is 17.3 Å². The molecule has 0 bridgehead atoms. The minimum absolute atomic E-state index is 0.211. The van der Waals surface area contributed by atoms with Gasteiger partial charge < -0.3 is 13.9 Å². The van der Waals surface area contributed by atoms with Crippen LogP contribution in [0.15, 0.2) is 82.3 Å². The number of benzene rings is 3. The first-order valence-corrected chi connectivity index (χ1v) is 12.4. The average Bonchev–Trinajstić information content (AvgIpc) is 3.61. The van der Waals surface area contributed by atoms with Gasteiger partial charge in [-0.15, -0.1) is 10.2 Å². The van der Waals surface area contributed by atoms with Crippen molar-refractivity contribution in [2.75, 3.05) is 13.7 Å². The van der Waals surface area contributed by atoms with Crippen molar-refractivity contribution >= 4 is 11.6 Å². The van der Waals surface area contributed by atoms with Crippen LogP contribution in [-0.2, 0) is 11.2 Å². The second-order valence-corrected chi connectivity index (χ2v) is 8.85. The molecule has 0 N–H and O–H groups in total. The Bertz CT molecular complexity index is 1420. The Kier molecular flexibility index (Phi) is 7.44. The Morgan fingerprint density at radius 1 is 0.974 bits per heavy atom. The normalized spacial score (nSPS) is 14.9. The zero-order valence-electron chi connectivity index (χ0n) is 21.1. The van der Waals surface area contributed by atoms with Crippen molar-refractivity contribution in [3.8, 4) is 23.0 Å². The van der Waals surface area contributed by atoms with Gasteiger partial charge in [-0.3, -0.25) is 4.79 Å². The van der Waals surface area contributed by atoms with E-state index in [4.69, 9.17) is 13.9 Å². The lowest BCUT2D eigenvalue weighted by molar-refractivity contribution is -0.135.